The van der Waals surface area contributed by atoms with Crippen molar-refractivity contribution in [3.05, 3.63) is 60.4 Å². The molecule has 1 aromatic carbocycles. The highest BCUT2D eigenvalue weighted by Crippen LogP contribution is 2.31. The summed E-state index contributed by atoms with van der Waals surface area (Å²) in [6.07, 6.45) is 3.31. The summed E-state index contributed by atoms with van der Waals surface area (Å²) < 4.78 is 7.31. The molecular weight excluding hydrogens is 398 g/mol. The number of methoxy groups -OCH3 is 1. The lowest BCUT2D eigenvalue weighted by atomic mass is 10.2. The van der Waals surface area contributed by atoms with E-state index in [-0.39, 0.29) is 16.8 Å². The second-order valence-corrected chi connectivity index (χ2v) is 6.88. The van der Waals surface area contributed by atoms with Gasteiger partial charge in [0.1, 0.15) is 5.75 Å². The van der Waals surface area contributed by atoms with E-state index in [0.717, 1.165) is 5.56 Å². The summed E-state index contributed by atoms with van der Waals surface area (Å²) in [5, 5.41) is 12.1. The maximum absolute atomic E-state index is 12.3. The third-order valence-corrected chi connectivity index (χ3v) is 5.01. The minimum absolute atomic E-state index is 0.145. The van der Waals surface area contributed by atoms with Crippen molar-refractivity contribution in [3.63, 3.8) is 0 Å². The predicted molar refractivity (Wildman–Crippen MR) is 111 cm³/mol. The normalized spacial score (nSPS) is 10.5. The van der Waals surface area contributed by atoms with E-state index >= 15 is 0 Å². The van der Waals surface area contributed by atoms with Crippen LogP contribution in [-0.2, 0) is 11.3 Å². The lowest BCUT2D eigenvalue weighted by molar-refractivity contribution is -0.113. The van der Waals surface area contributed by atoms with Gasteiger partial charge in [-0.15, -0.1) is 16.8 Å². The smallest absolute Gasteiger partial charge is 0.234 e. The van der Waals surface area contributed by atoms with E-state index in [0.29, 0.717) is 29.0 Å². The minimum atomic E-state index is -0.216. The van der Waals surface area contributed by atoms with Gasteiger partial charge in [-0.2, -0.15) is 0 Å². The van der Waals surface area contributed by atoms with E-state index in [1.165, 1.54) is 11.8 Å². The quantitative estimate of drug-likeness (QED) is 0.341. The first-order chi connectivity index (χ1) is 13.6. The van der Waals surface area contributed by atoms with E-state index in [9.17, 15) is 4.79 Å². The summed E-state index contributed by atoms with van der Waals surface area (Å²) in [6.45, 7) is 4.30. The van der Waals surface area contributed by atoms with Crippen molar-refractivity contribution < 1.29 is 9.53 Å². The lowest BCUT2D eigenvalue weighted by Gasteiger charge is -2.10. The monoisotopic (exact) mass is 415 g/mol. The van der Waals surface area contributed by atoms with Crippen LogP contribution < -0.4 is 10.1 Å². The standard InChI is InChI=1S/C19H18ClN5O2S/c1-3-11-25-18(13-7-4-5-9-15(13)27-2)23-24-19(25)28-12-16(26)22-14-8-6-10-21-17(14)20/h3-10H,1,11-12H2,2H3,(H,22,26). The summed E-state index contributed by atoms with van der Waals surface area (Å²) in [4.78, 5) is 16.2. The molecule has 0 atom stereocenters. The molecule has 0 fully saturated rings. The number of hydrogen-bond donors (Lipinski definition) is 1. The van der Waals surface area contributed by atoms with Gasteiger partial charge in [-0.05, 0) is 24.3 Å². The number of hydrogen-bond acceptors (Lipinski definition) is 6. The van der Waals surface area contributed by atoms with Crippen molar-refractivity contribution in [2.45, 2.75) is 11.7 Å². The van der Waals surface area contributed by atoms with Gasteiger partial charge in [0, 0.05) is 12.7 Å². The van der Waals surface area contributed by atoms with Crippen molar-refractivity contribution >= 4 is 35.0 Å². The first kappa shape index (κ1) is 19.9. The first-order valence-electron chi connectivity index (χ1n) is 8.34. The minimum Gasteiger partial charge on any atom is -0.496 e. The van der Waals surface area contributed by atoms with Crippen molar-refractivity contribution in [1.82, 2.24) is 19.7 Å². The number of anilines is 1. The number of thioether (sulfide) groups is 1. The van der Waals surface area contributed by atoms with Crippen LogP contribution in [-0.4, -0.2) is 38.5 Å². The maximum Gasteiger partial charge on any atom is 0.234 e. The number of ether oxygens (including phenoxy) is 1. The maximum atomic E-state index is 12.3. The number of rotatable bonds is 8. The summed E-state index contributed by atoms with van der Waals surface area (Å²) >= 11 is 7.24. The molecule has 0 aliphatic rings. The molecule has 0 unspecified atom stereocenters. The Labute approximate surface area is 171 Å². The van der Waals surface area contributed by atoms with Gasteiger partial charge in [-0.25, -0.2) is 4.98 Å². The number of para-hydroxylation sites is 1. The van der Waals surface area contributed by atoms with E-state index < -0.39 is 0 Å². The van der Waals surface area contributed by atoms with Crippen LogP contribution in [0.4, 0.5) is 5.69 Å². The molecule has 1 amide bonds. The number of amides is 1. The molecule has 0 aliphatic heterocycles. The lowest BCUT2D eigenvalue weighted by Crippen LogP contribution is -2.15. The van der Waals surface area contributed by atoms with Crippen LogP contribution in [0.15, 0.2) is 60.4 Å². The Morgan fingerprint density at radius 3 is 2.89 bits per heavy atom. The SMILES string of the molecule is C=CCn1c(SCC(=O)Nc2cccnc2Cl)nnc1-c1ccccc1OC. The van der Waals surface area contributed by atoms with E-state index in [1.807, 2.05) is 28.8 Å². The van der Waals surface area contributed by atoms with Gasteiger partial charge in [0.2, 0.25) is 5.91 Å². The molecule has 0 radical (unpaired) electrons. The molecule has 0 saturated heterocycles. The van der Waals surface area contributed by atoms with Crippen molar-refractivity contribution in [2.75, 3.05) is 18.2 Å². The van der Waals surface area contributed by atoms with Crippen molar-refractivity contribution in [3.8, 4) is 17.1 Å². The van der Waals surface area contributed by atoms with Gasteiger partial charge >= 0.3 is 0 Å². The highest BCUT2D eigenvalue weighted by Gasteiger charge is 2.18. The molecule has 0 saturated carbocycles. The average Bonchev–Trinajstić information content (AvgIpc) is 3.11. The van der Waals surface area contributed by atoms with Gasteiger partial charge in [0.25, 0.3) is 0 Å². The van der Waals surface area contributed by atoms with Crippen LogP contribution in [0.1, 0.15) is 0 Å². The Bertz CT molecular complexity index is 992. The second kappa shape index (κ2) is 9.38. The molecule has 28 heavy (non-hydrogen) atoms. The molecule has 9 heteroatoms. The van der Waals surface area contributed by atoms with Crippen LogP contribution in [0.25, 0.3) is 11.4 Å². The molecule has 1 N–H and O–H groups in total. The largest absolute Gasteiger partial charge is 0.496 e. The summed E-state index contributed by atoms with van der Waals surface area (Å²) in [6, 6.07) is 11.0. The van der Waals surface area contributed by atoms with E-state index in [2.05, 4.69) is 27.1 Å². The second-order valence-electron chi connectivity index (χ2n) is 5.58. The molecule has 0 bridgehead atoms. The highest BCUT2D eigenvalue weighted by atomic mass is 35.5. The zero-order chi connectivity index (χ0) is 19.9. The summed E-state index contributed by atoms with van der Waals surface area (Å²) in [5.74, 6) is 1.27. The molecule has 144 valence electrons. The van der Waals surface area contributed by atoms with Crippen LogP contribution in [0.2, 0.25) is 5.15 Å². The fourth-order valence-electron chi connectivity index (χ4n) is 2.51. The number of carbonyl (C=O) groups is 1. The average molecular weight is 416 g/mol. The number of halogens is 1. The van der Waals surface area contributed by atoms with Crippen LogP contribution in [0, 0.1) is 0 Å². The number of nitrogens with zero attached hydrogens (tertiary/aromatic N) is 4. The van der Waals surface area contributed by atoms with Gasteiger partial charge in [0.15, 0.2) is 16.1 Å². The Morgan fingerprint density at radius 1 is 1.32 bits per heavy atom. The van der Waals surface area contributed by atoms with Gasteiger partial charge in [0.05, 0.1) is 24.1 Å². The number of benzene rings is 1. The van der Waals surface area contributed by atoms with Gasteiger partial charge in [-0.1, -0.05) is 41.6 Å². The molecule has 0 aliphatic carbocycles. The predicted octanol–water partition coefficient (Wildman–Crippen LogP) is 3.92. The van der Waals surface area contributed by atoms with E-state index in [4.69, 9.17) is 16.3 Å². The summed E-state index contributed by atoms with van der Waals surface area (Å²) in [5.41, 5.74) is 1.29. The molecular formula is C19H18ClN5O2S. The Morgan fingerprint density at radius 2 is 2.14 bits per heavy atom. The number of carbonyl (C=O) groups excluding carboxylic acids is 1. The number of pyridine rings is 1. The van der Waals surface area contributed by atoms with E-state index in [1.54, 1.807) is 31.5 Å². The molecule has 3 rings (SSSR count). The molecule has 3 aromatic rings. The Balaban J connectivity index is 1.77. The number of nitrogens with one attached hydrogen (secondary N) is 1. The fraction of sp³-hybridized carbons (Fsp3) is 0.158. The van der Waals surface area contributed by atoms with Crippen molar-refractivity contribution in [2.24, 2.45) is 0 Å². The highest BCUT2D eigenvalue weighted by molar-refractivity contribution is 7.99. The van der Waals surface area contributed by atoms with Crippen LogP contribution in [0.5, 0.6) is 5.75 Å². The zero-order valence-electron chi connectivity index (χ0n) is 15.1. The van der Waals surface area contributed by atoms with Crippen LogP contribution in [0.3, 0.4) is 0 Å². The molecule has 2 aromatic heterocycles. The van der Waals surface area contributed by atoms with Crippen LogP contribution >= 0.6 is 23.4 Å². The zero-order valence-corrected chi connectivity index (χ0v) is 16.7. The van der Waals surface area contributed by atoms with Crippen molar-refractivity contribution in [1.29, 1.82) is 0 Å². The van der Waals surface area contributed by atoms with Gasteiger partial charge in [-0.3, -0.25) is 9.36 Å². The molecule has 0 spiro atoms. The Hall–Kier alpha value is -2.84. The summed E-state index contributed by atoms with van der Waals surface area (Å²) in [7, 11) is 1.61. The number of allylic oxidation sites excluding steroid dienone is 1. The molecule has 7 nitrogen and oxygen atoms in total. The topological polar surface area (TPSA) is 81.9 Å². The number of aromatic nitrogens is 4. The first-order valence-corrected chi connectivity index (χ1v) is 9.71. The third-order valence-electron chi connectivity index (χ3n) is 3.74. The van der Waals surface area contributed by atoms with Gasteiger partial charge < -0.3 is 10.1 Å². The molecule has 2 heterocycles. The fourth-order valence-corrected chi connectivity index (χ4v) is 3.43. The third kappa shape index (κ3) is 4.52. The Kier molecular flexibility index (Phi) is 6.67.